The molecule has 164 valence electrons. The first kappa shape index (κ1) is 20.1. The van der Waals surface area contributed by atoms with Crippen LogP contribution in [0.25, 0.3) is 0 Å². The number of hydrazone groups is 1. The van der Waals surface area contributed by atoms with Gasteiger partial charge in [0.15, 0.2) is 11.0 Å². The summed E-state index contributed by atoms with van der Waals surface area (Å²) in [4.78, 5) is 38.0. The standard InChI is InChI=1S/C23H17ClN6O2S/c1-12-17(21(31)30(28-12)15-5-3-2-4-6-15)16-11-33-23-27-20-18(25-22(32)26-20)19(29(16)23)13-7-9-14(24)10-8-13/h2-11,17,19H,1H3,(H2,25,26,32). The Morgan fingerprint density at radius 1 is 1.03 bits per heavy atom. The van der Waals surface area contributed by atoms with Crippen molar-refractivity contribution in [2.24, 2.45) is 16.0 Å². The number of benzene rings is 2. The molecule has 2 N–H and O–H groups in total. The van der Waals surface area contributed by atoms with Crippen LogP contribution in [-0.2, 0) is 4.79 Å². The molecule has 0 radical (unpaired) electrons. The number of amides is 1. The van der Waals surface area contributed by atoms with Crippen LogP contribution < -0.4 is 10.7 Å². The van der Waals surface area contributed by atoms with E-state index in [9.17, 15) is 9.59 Å². The third kappa shape index (κ3) is 3.15. The molecule has 0 fully saturated rings. The zero-order valence-electron chi connectivity index (χ0n) is 17.3. The van der Waals surface area contributed by atoms with Gasteiger partial charge in [0.2, 0.25) is 0 Å². The highest BCUT2D eigenvalue weighted by Gasteiger charge is 2.46. The zero-order chi connectivity index (χ0) is 22.7. The van der Waals surface area contributed by atoms with Crippen molar-refractivity contribution in [2.75, 3.05) is 5.01 Å². The third-order valence-corrected chi connectivity index (χ3v) is 6.97. The lowest BCUT2D eigenvalue weighted by Gasteiger charge is -2.35. The molecule has 6 rings (SSSR count). The Morgan fingerprint density at radius 3 is 2.55 bits per heavy atom. The fourth-order valence-corrected chi connectivity index (χ4v) is 5.47. The topological polar surface area (TPSA) is 96.9 Å². The summed E-state index contributed by atoms with van der Waals surface area (Å²) in [6.07, 6.45) is 0. The average Bonchev–Trinajstić information content (AvgIpc) is 3.47. The van der Waals surface area contributed by atoms with Crippen molar-refractivity contribution in [1.29, 1.82) is 0 Å². The maximum absolute atomic E-state index is 13.5. The lowest BCUT2D eigenvalue weighted by molar-refractivity contribution is -0.119. The molecule has 2 atom stereocenters. The quantitative estimate of drug-likeness (QED) is 0.586. The molecule has 3 aliphatic rings. The van der Waals surface area contributed by atoms with Gasteiger partial charge in [0.05, 0.1) is 17.1 Å². The van der Waals surface area contributed by atoms with Crippen LogP contribution in [0.15, 0.2) is 80.6 Å². The molecule has 0 saturated carbocycles. The minimum absolute atomic E-state index is 0.130. The van der Waals surface area contributed by atoms with E-state index in [0.717, 1.165) is 16.9 Å². The van der Waals surface area contributed by atoms with E-state index in [1.807, 2.05) is 71.8 Å². The molecule has 3 aliphatic heterocycles. The number of aromatic amines is 2. The van der Waals surface area contributed by atoms with Gasteiger partial charge in [-0.15, -0.1) is 0 Å². The molecule has 2 unspecified atom stereocenters. The van der Waals surface area contributed by atoms with E-state index in [1.54, 1.807) is 0 Å². The van der Waals surface area contributed by atoms with Gasteiger partial charge in [0.25, 0.3) is 5.91 Å². The zero-order valence-corrected chi connectivity index (χ0v) is 18.9. The number of rotatable bonds is 3. The van der Waals surface area contributed by atoms with Crippen molar-refractivity contribution >= 4 is 51.7 Å². The van der Waals surface area contributed by atoms with Crippen LogP contribution in [0.5, 0.6) is 0 Å². The van der Waals surface area contributed by atoms with Gasteiger partial charge in [-0.05, 0) is 42.2 Å². The van der Waals surface area contributed by atoms with E-state index >= 15 is 0 Å². The Hall–Kier alpha value is -3.56. The predicted octanol–water partition coefficient (Wildman–Crippen LogP) is 4.38. The number of nitrogens with zero attached hydrogens (tertiary/aromatic N) is 4. The Bertz CT molecular complexity index is 1420. The summed E-state index contributed by atoms with van der Waals surface area (Å²) in [5, 5.41) is 9.26. The molecule has 1 aromatic heterocycles. The monoisotopic (exact) mass is 476 g/mol. The highest BCUT2D eigenvalue weighted by Crippen LogP contribution is 2.47. The predicted molar refractivity (Wildman–Crippen MR) is 130 cm³/mol. The number of aliphatic imine (C=N–C) groups is 1. The number of nitrogens with one attached hydrogen (secondary N) is 2. The molecule has 0 bridgehead atoms. The largest absolute Gasteiger partial charge is 0.324 e. The molecule has 0 spiro atoms. The molecule has 4 heterocycles. The first-order valence-electron chi connectivity index (χ1n) is 10.3. The van der Waals surface area contributed by atoms with Gasteiger partial charge in [0, 0.05) is 10.7 Å². The number of amidine groups is 1. The summed E-state index contributed by atoms with van der Waals surface area (Å²) in [6, 6.07) is 16.4. The van der Waals surface area contributed by atoms with Crippen LogP contribution in [0.4, 0.5) is 11.5 Å². The molecule has 8 nitrogen and oxygen atoms in total. The van der Waals surface area contributed by atoms with Gasteiger partial charge < -0.3 is 9.88 Å². The number of H-pyrrole nitrogens is 2. The smallest absolute Gasteiger partial charge is 0.309 e. The average molecular weight is 477 g/mol. The second-order valence-electron chi connectivity index (χ2n) is 7.88. The number of imidazole rings is 1. The molecular formula is C23H17ClN6O2S. The van der Waals surface area contributed by atoms with E-state index < -0.39 is 5.92 Å². The van der Waals surface area contributed by atoms with Crippen molar-refractivity contribution in [3.63, 3.8) is 0 Å². The first-order valence-corrected chi connectivity index (χ1v) is 11.5. The molecule has 2 aromatic carbocycles. The van der Waals surface area contributed by atoms with Crippen LogP contribution in [0, 0.1) is 5.92 Å². The maximum atomic E-state index is 13.5. The second-order valence-corrected chi connectivity index (χ2v) is 9.15. The van der Waals surface area contributed by atoms with Gasteiger partial charge in [-0.1, -0.05) is 53.7 Å². The number of para-hydroxylation sites is 1. The van der Waals surface area contributed by atoms with Gasteiger partial charge >= 0.3 is 5.69 Å². The molecule has 0 saturated heterocycles. The number of anilines is 1. The first-order chi connectivity index (χ1) is 16.0. The number of carbonyl (C=O) groups excluding carboxylic acids is 1. The summed E-state index contributed by atoms with van der Waals surface area (Å²) >= 11 is 7.55. The van der Waals surface area contributed by atoms with E-state index in [4.69, 9.17) is 11.6 Å². The van der Waals surface area contributed by atoms with Crippen LogP contribution >= 0.6 is 23.4 Å². The van der Waals surface area contributed by atoms with E-state index in [2.05, 4.69) is 20.1 Å². The number of hydrogen-bond donors (Lipinski definition) is 2. The second kappa shape index (κ2) is 7.50. The summed E-state index contributed by atoms with van der Waals surface area (Å²) in [5.74, 6) is -0.204. The van der Waals surface area contributed by atoms with Crippen LogP contribution in [0.2, 0.25) is 5.02 Å². The van der Waals surface area contributed by atoms with Gasteiger partial charge in [-0.2, -0.15) is 10.1 Å². The highest BCUT2D eigenvalue weighted by atomic mass is 35.5. The van der Waals surface area contributed by atoms with Crippen LogP contribution in [-0.4, -0.2) is 31.7 Å². The number of aromatic nitrogens is 2. The van der Waals surface area contributed by atoms with Crippen molar-refractivity contribution in [3.05, 3.63) is 92.5 Å². The van der Waals surface area contributed by atoms with Crippen LogP contribution in [0.3, 0.4) is 0 Å². The van der Waals surface area contributed by atoms with Gasteiger partial charge in [0.1, 0.15) is 12.0 Å². The normalized spacial score (nSPS) is 21.5. The fraction of sp³-hybridized carbons (Fsp3) is 0.130. The lowest BCUT2D eigenvalue weighted by atomic mass is 9.95. The van der Waals surface area contributed by atoms with Crippen LogP contribution in [0.1, 0.15) is 24.2 Å². The molecule has 0 aliphatic carbocycles. The molecule has 33 heavy (non-hydrogen) atoms. The summed E-state index contributed by atoms with van der Waals surface area (Å²) < 4.78 is 0. The number of halogens is 1. The van der Waals surface area contributed by atoms with Crippen molar-refractivity contribution in [1.82, 2.24) is 14.9 Å². The summed E-state index contributed by atoms with van der Waals surface area (Å²) in [6.45, 7) is 1.86. The Labute approximate surface area is 197 Å². The molecule has 3 aromatic rings. The number of carbonyl (C=O) groups is 1. The number of fused-ring (bicyclic) bond motifs is 2. The minimum Gasteiger partial charge on any atom is -0.309 e. The molecule has 1 amide bonds. The van der Waals surface area contributed by atoms with Crippen molar-refractivity contribution in [3.8, 4) is 0 Å². The highest BCUT2D eigenvalue weighted by molar-refractivity contribution is 8.16. The maximum Gasteiger partial charge on any atom is 0.324 e. The molecule has 10 heteroatoms. The van der Waals surface area contributed by atoms with Gasteiger partial charge in [-0.25, -0.2) is 9.79 Å². The SMILES string of the molecule is CC1=NN(c2ccccc2)C(=O)C1C1=CSC2=Nc3[nH]c(=O)[nH]c3C(c3ccc(Cl)cc3)N12. The van der Waals surface area contributed by atoms with E-state index in [-0.39, 0.29) is 17.6 Å². The number of thioether (sulfide) groups is 1. The molecular weight excluding hydrogens is 460 g/mol. The third-order valence-electron chi connectivity index (χ3n) is 5.86. The fourth-order valence-electron chi connectivity index (χ4n) is 4.40. The Balaban J connectivity index is 1.44. The number of hydrogen-bond acceptors (Lipinski definition) is 6. The van der Waals surface area contributed by atoms with E-state index in [0.29, 0.717) is 27.4 Å². The summed E-state index contributed by atoms with van der Waals surface area (Å²) in [7, 11) is 0. The Kier molecular flexibility index (Phi) is 4.56. The summed E-state index contributed by atoms with van der Waals surface area (Å²) in [5.41, 5.74) is 3.41. The lowest BCUT2D eigenvalue weighted by Crippen LogP contribution is -2.39. The Morgan fingerprint density at radius 2 is 1.79 bits per heavy atom. The van der Waals surface area contributed by atoms with Gasteiger partial charge in [-0.3, -0.25) is 9.78 Å². The van der Waals surface area contributed by atoms with E-state index in [1.165, 1.54) is 16.8 Å². The minimum atomic E-state index is -0.563. The van der Waals surface area contributed by atoms with Crippen molar-refractivity contribution < 1.29 is 4.79 Å². The van der Waals surface area contributed by atoms with Crippen molar-refractivity contribution in [2.45, 2.75) is 13.0 Å².